The topological polar surface area (TPSA) is 135 Å². The zero-order valence-corrected chi connectivity index (χ0v) is 18.4. The first-order valence-electron chi connectivity index (χ1n) is 8.01. The Balaban J connectivity index is 2.81. The molecule has 0 radical (unpaired) electrons. The number of hydrogen-bond acceptors (Lipinski definition) is 8. The minimum absolute atomic E-state index is 0.0190. The number of nitrogens with one attached hydrogen (secondary N) is 1. The number of nitrogens with zero attached hydrogens (tertiary/aromatic N) is 3. The van der Waals surface area contributed by atoms with Crippen LogP contribution in [0.5, 0.6) is 0 Å². The van der Waals surface area contributed by atoms with Gasteiger partial charge in [0.05, 0.1) is 13.2 Å². The van der Waals surface area contributed by atoms with Crippen LogP contribution in [0, 0.1) is 17.0 Å². The van der Waals surface area contributed by atoms with Crippen LogP contribution in [0.4, 0.5) is 10.6 Å². The van der Waals surface area contributed by atoms with Crippen molar-refractivity contribution in [2.75, 3.05) is 19.8 Å². The van der Waals surface area contributed by atoms with Gasteiger partial charge < -0.3 is 29.2 Å². The van der Waals surface area contributed by atoms with Gasteiger partial charge in [0.2, 0.25) is 3.79 Å². The van der Waals surface area contributed by atoms with Crippen LogP contribution in [0.1, 0.15) is 19.7 Å². The molecule has 1 heterocycles. The summed E-state index contributed by atoms with van der Waals surface area (Å²) in [5.74, 6) is -1.52. The summed E-state index contributed by atoms with van der Waals surface area (Å²) < 4.78 is 27.1. The molecule has 28 heavy (non-hydrogen) atoms. The van der Waals surface area contributed by atoms with Crippen LogP contribution in [0.25, 0.3) is 0 Å². The fraction of sp³-hybridized carbons (Fsp3) is 0.692. The third-order valence-corrected chi connectivity index (χ3v) is 6.76. The molecule has 0 saturated carbocycles. The number of hydrogen-bond donors (Lipinski definition) is 1. The van der Waals surface area contributed by atoms with Gasteiger partial charge in [0.15, 0.2) is 11.6 Å². The van der Waals surface area contributed by atoms with Crippen molar-refractivity contribution < 1.29 is 28.1 Å². The van der Waals surface area contributed by atoms with Crippen LogP contribution in [0.2, 0.25) is 0 Å². The first-order valence-corrected chi connectivity index (χ1v) is 10.8. The summed E-state index contributed by atoms with van der Waals surface area (Å²) in [6.07, 6.45) is 0.0192. The lowest BCUT2D eigenvalue weighted by molar-refractivity contribution is -0.392. The number of rotatable bonds is 10. The highest BCUT2D eigenvalue weighted by molar-refractivity contribution is 7.55. The van der Waals surface area contributed by atoms with Crippen molar-refractivity contribution >= 4 is 54.3 Å². The van der Waals surface area contributed by atoms with Crippen LogP contribution in [-0.4, -0.2) is 50.0 Å². The van der Waals surface area contributed by atoms with Crippen LogP contribution in [0.3, 0.4) is 0 Å². The molecule has 1 rings (SSSR count). The van der Waals surface area contributed by atoms with E-state index in [1.807, 2.05) is 0 Å². The maximum absolute atomic E-state index is 12.9. The van der Waals surface area contributed by atoms with E-state index in [1.54, 1.807) is 20.8 Å². The lowest BCUT2D eigenvalue weighted by Crippen LogP contribution is -2.44. The molecule has 15 heteroatoms. The normalized spacial score (nSPS) is 13.2. The standard InChI is InChI=1S/C13H20Cl3N4O7P/c1-4-26-28(24,27-5-2)11(13(14,15)16)18-12(21)25-7-6-19-9(3)17-8-10(19)20(22)23/h8,11H,4-7H2,1-3H3,(H,18,21). The van der Waals surface area contributed by atoms with Crippen molar-refractivity contribution in [2.24, 2.45) is 0 Å². The number of alkyl halides is 3. The molecule has 0 saturated heterocycles. The van der Waals surface area contributed by atoms with Crippen LogP contribution >= 0.6 is 42.4 Å². The minimum Gasteiger partial charge on any atom is -0.445 e. The summed E-state index contributed by atoms with van der Waals surface area (Å²) in [5.41, 5.74) is 0. The highest BCUT2D eigenvalue weighted by atomic mass is 35.6. The molecule has 1 N–H and O–H groups in total. The van der Waals surface area contributed by atoms with Gasteiger partial charge in [0.1, 0.15) is 19.3 Å². The Morgan fingerprint density at radius 3 is 2.43 bits per heavy atom. The number of imidazole rings is 1. The summed E-state index contributed by atoms with van der Waals surface area (Å²) in [4.78, 5) is 26.3. The maximum Gasteiger partial charge on any atom is 0.408 e. The van der Waals surface area contributed by atoms with Gasteiger partial charge in [-0.05, 0) is 18.8 Å². The molecule has 11 nitrogen and oxygen atoms in total. The number of amides is 1. The molecule has 0 aromatic carbocycles. The molecule has 160 valence electrons. The van der Waals surface area contributed by atoms with Crippen molar-refractivity contribution in [3.63, 3.8) is 0 Å². The summed E-state index contributed by atoms with van der Waals surface area (Å²) in [6, 6.07) is 0. The molecule has 0 bridgehead atoms. The zero-order chi connectivity index (χ0) is 21.5. The Hall–Kier alpha value is -1.10. The fourth-order valence-corrected chi connectivity index (χ4v) is 5.10. The number of aromatic nitrogens is 2. The molecule has 0 aliphatic rings. The van der Waals surface area contributed by atoms with E-state index in [9.17, 15) is 19.5 Å². The SMILES string of the molecule is CCOP(=O)(OCC)C(NC(=O)OCCn1c([N+](=O)[O-])cnc1C)C(Cl)(Cl)Cl. The highest BCUT2D eigenvalue weighted by Crippen LogP contribution is 2.58. The molecule has 1 aromatic rings. The van der Waals surface area contributed by atoms with Crippen molar-refractivity contribution in [1.29, 1.82) is 0 Å². The Kier molecular flexibility index (Phi) is 9.45. The van der Waals surface area contributed by atoms with E-state index >= 15 is 0 Å². The van der Waals surface area contributed by atoms with Gasteiger partial charge in [0.25, 0.3) is 0 Å². The molecule has 1 unspecified atom stereocenters. The first kappa shape index (κ1) is 24.9. The fourth-order valence-electron chi connectivity index (χ4n) is 2.15. The molecule has 1 aromatic heterocycles. The van der Waals surface area contributed by atoms with E-state index in [0.29, 0.717) is 5.82 Å². The van der Waals surface area contributed by atoms with Crippen molar-refractivity contribution in [3.05, 3.63) is 22.1 Å². The average molecular weight is 482 g/mol. The summed E-state index contributed by atoms with van der Waals surface area (Å²) in [6.45, 7) is 4.34. The molecule has 0 aliphatic heterocycles. The van der Waals surface area contributed by atoms with Gasteiger partial charge in [-0.2, -0.15) is 0 Å². The van der Waals surface area contributed by atoms with E-state index in [-0.39, 0.29) is 32.2 Å². The van der Waals surface area contributed by atoms with Gasteiger partial charge in [-0.15, -0.1) is 0 Å². The highest BCUT2D eigenvalue weighted by Gasteiger charge is 2.50. The number of alkyl carbamates (subject to hydrolysis) is 1. The molecular formula is C13H20Cl3N4O7P. The molecule has 0 spiro atoms. The Morgan fingerprint density at radius 1 is 1.39 bits per heavy atom. The summed E-state index contributed by atoms with van der Waals surface area (Å²) >= 11 is 17.5. The molecule has 1 atom stereocenters. The van der Waals surface area contributed by atoms with Crippen molar-refractivity contribution in [2.45, 2.75) is 36.9 Å². The van der Waals surface area contributed by atoms with E-state index in [4.69, 9.17) is 48.6 Å². The average Bonchev–Trinajstić information content (AvgIpc) is 2.93. The van der Waals surface area contributed by atoms with Crippen LogP contribution < -0.4 is 5.32 Å². The number of carbonyl (C=O) groups excluding carboxylic acids is 1. The molecule has 0 aliphatic carbocycles. The lowest BCUT2D eigenvalue weighted by Gasteiger charge is -2.31. The predicted molar refractivity (Wildman–Crippen MR) is 103 cm³/mol. The second-order valence-electron chi connectivity index (χ2n) is 5.17. The first-order chi connectivity index (χ1) is 13.0. The molecule has 0 fully saturated rings. The van der Waals surface area contributed by atoms with Crippen molar-refractivity contribution in [1.82, 2.24) is 14.9 Å². The van der Waals surface area contributed by atoms with Gasteiger partial charge in [-0.3, -0.25) is 4.57 Å². The minimum atomic E-state index is -4.03. The molecule has 1 amide bonds. The van der Waals surface area contributed by atoms with Gasteiger partial charge in [0, 0.05) is 6.92 Å². The lowest BCUT2D eigenvalue weighted by atomic mass is 10.6. The van der Waals surface area contributed by atoms with Gasteiger partial charge in [-0.1, -0.05) is 34.8 Å². The zero-order valence-electron chi connectivity index (χ0n) is 15.3. The number of nitro groups is 1. The number of halogens is 3. The summed E-state index contributed by atoms with van der Waals surface area (Å²) in [7, 11) is -4.03. The van der Waals surface area contributed by atoms with Crippen LogP contribution in [-0.2, 0) is 24.9 Å². The second kappa shape index (κ2) is 10.6. The number of ether oxygens (including phenoxy) is 1. The van der Waals surface area contributed by atoms with Crippen LogP contribution in [0.15, 0.2) is 6.20 Å². The summed E-state index contributed by atoms with van der Waals surface area (Å²) in [5, 5.41) is 13.1. The third-order valence-electron chi connectivity index (χ3n) is 3.27. The Morgan fingerprint density at radius 2 is 1.96 bits per heavy atom. The van der Waals surface area contributed by atoms with Gasteiger partial charge in [-0.25, -0.2) is 14.3 Å². The second-order valence-corrected chi connectivity index (χ2v) is 9.65. The Bertz CT molecular complexity index is 730. The number of carbonyl (C=O) groups is 1. The Labute approximate surface area is 176 Å². The van der Waals surface area contributed by atoms with Crippen molar-refractivity contribution in [3.8, 4) is 0 Å². The van der Waals surface area contributed by atoms with E-state index in [2.05, 4.69) is 10.3 Å². The predicted octanol–water partition coefficient (Wildman–Crippen LogP) is 3.79. The number of aryl methyl sites for hydroxylation is 1. The molecular weight excluding hydrogens is 461 g/mol. The van der Waals surface area contributed by atoms with Gasteiger partial charge >= 0.3 is 19.5 Å². The smallest absolute Gasteiger partial charge is 0.408 e. The monoisotopic (exact) mass is 480 g/mol. The van der Waals surface area contributed by atoms with E-state index in [1.165, 1.54) is 4.57 Å². The van der Waals surface area contributed by atoms with E-state index < -0.39 is 28.2 Å². The maximum atomic E-state index is 12.9. The third kappa shape index (κ3) is 6.75. The van der Waals surface area contributed by atoms with E-state index in [0.717, 1.165) is 6.20 Å². The largest absolute Gasteiger partial charge is 0.445 e. The quantitative estimate of drug-likeness (QED) is 0.231.